The maximum absolute atomic E-state index is 12.9. The van der Waals surface area contributed by atoms with Crippen LogP contribution in [0.3, 0.4) is 0 Å². The van der Waals surface area contributed by atoms with Crippen LogP contribution in [0, 0.1) is 13.8 Å². The first-order chi connectivity index (χ1) is 13.0. The van der Waals surface area contributed by atoms with E-state index in [0.717, 1.165) is 36.5 Å². The molecular formula is C19H31N7O. The minimum absolute atomic E-state index is 0.0813. The van der Waals surface area contributed by atoms with Crippen molar-refractivity contribution in [2.24, 2.45) is 7.05 Å². The highest BCUT2D eigenvalue weighted by atomic mass is 16.2. The molecule has 1 atom stereocenters. The zero-order valence-electron chi connectivity index (χ0n) is 16.9. The van der Waals surface area contributed by atoms with Crippen LogP contribution in [0.25, 0.3) is 0 Å². The molecule has 3 rings (SSSR count). The number of aryl methyl sites for hydroxylation is 3. The van der Waals surface area contributed by atoms with Gasteiger partial charge in [-0.1, -0.05) is 11.6 Å². The van der Waals surface area contributed by atoms with Gasteiger partial charge in [-0.25, -0.2) is 0 Å². The number of hydrogen-bond acceptors (Lipinski definition) is 5. The number of nitrogens with zero attached hydrogens (tertiary/aromatic N) is 6. The number of carbonyl (C=O) groups excluding carboxylic acids is 1. The SMILES string of the molecule is CCN(Cc1c(C)nn(C)c1C)C(=O)c1cn(CC[C@@H]2CCCCN2)nn1. The molecule has 1 fully saturated rings. The fraction of sp³-hybridized carbons (Fsp3) is 0.684. The summed E-state index contributed by atoms with van der Waals surface area (Å²) in [6.45, 7) is 9.04. The summed E-state index contributed by atoms with van der Waals surface area (Å²) in [6, 6.07) is 0.547. The number of piperidine rings is 1. The van der Waals surface area contributed by atoms with Gasteiger partial charge in [0.15, 0.2) is 5.69 Å². The van der Waals surface area contributed by atoms with E-state index in [2.05, 4.69) is 20.7 Å². The van der Waals surface area contributed by atoms with E-state index in [4.69, 9.17) is 0 Å². The summed E-state index contributed by atoms with van der Waals surface area (Å²) in [5.41, 5.74) is 3.56. The second kappa shape index (κ2) is 8.65. The number of hydrogen-bond donors (Lipinski definition) is 1. The van der Waals surface area contributed by atoms with Crippen LogP contribution in [0.4, 0.5) is 0 Å². The Hall–Kier alpha value is -2.22. The van der Waals surface area contributed by atoms with Crippen LogP contribution in [0.5, 0.6) is 0 Å². The summed E-state index contributed by atoms with van der Waals surface area (Å²) < 4.78 is 3.65. The van der Waals surface area contributed by atoms with Gasteiger partial charge in [0.1, 0.15) is 0 Å². The van der Waals surface area contributed by atoms with Crippen LogP contribution in [0.15, 0.2) is 6.20 Å². The lowest BCUT2D eigenvalue weighted by atomic mass is 10.0. The molecule has 148 valence electrons. The van der Waals surface area contributed by atoms with Crippen LogP contribution in [-0.2, 0) is 20.1 Å². The van der Waals surface area contributed by atoms with Crippen molar-refractivity contribution in [1.29, 1.82) is 0 Å². The number of amides is 1. The summed E-state index contributed by atoms with van der Waals surface area (Å²) >= 11 is 0. The summed E-state index contributed by atoms with van der Waals surface area (Å²) in [7, 11) is 1.93. The molecule has 1 aliphatic rings. The lowest BCUT2D eigenvalue weighted by molar-refractivity contribution is 0.0746. The zero-order chi connectivity index (χ0) is 19.4. The number of rotatable bonds is 7. The molecule has 1 amide bonds. The summed E-state index contributed by atoms with van der Waals surface area (Å²) in [6.07, 6.45) is 6.56. The molecule has 1 saturated heterocycles. The Labute approximate surface area is 160 Å². The number of carbonyl (C=O) groups is 1. The van der Waals surface area contributed by atoms with E-state index in [-0.39, 0.29) is 5.91 Å². The van der Waals surface area contributed by atoms with Gasteiger partial charge in [0.2, 0.25) is 0 Å². The third-order valence-corrected chi connectivity index (χ3v) is 5.55. The molecule has 0 unspecified atom stereocenters. The molecule has 0 saturated carbocycles. The van der Waals surface area contributed by atoms with Crippen molar-refractivity contribution in [3.63, 3.8) is 0 Å². The Morgan fingerprint density at radius 3 is 2.81 bits per heavy atom. The van der Waals surface area contributed by atoms with E-state index < -0.39 is 0 Å². The fourth-order valence-electron chi connectivity index (χ4n) is 3.69. The molecule has 0 aliphatic carbocycles. The topological polar surface area (TPSA) is 80.9 Å². The number of aromatic nitrogens is 5. The fourth-order valence-corrected chi connectivity index (χ4v) is 3.69. The molecule has 1 N–H and O–H groups in total. The molecule has 2 aromatic heterocycles. The van der Waals surface area contributed by atoms with Gasteiger partial charge in [-0.05, 0) is 46.6 Å². The standard InChI is InChI=1S/C19H31N7O/c1-5-25(12-17-14(2)22-24(4)15(17)3)19(27)18-13-26(23-21-18)11-9-16-8-6-7-10-20-16/h13,16,20H,5-12H2,1-4H3/t16-/m0/s1. The van der Waals surface area contributed by atoms with Crippen LogP contribution in [-0.4, -0.2) is 54.7 Å². The average Bonchev–Trinajstić information content (AvgIpc) is 3.24. The van der Waals surface area contributed by atoms with Gasteiger partial charge >= 0.3 is 0 Å². The smallest absolute Gasteiger partial charge is 0.276 e. The van der Waals surface area contributed by atoms with Crippen molar-refractivity contribution >= 4 is 5.91 Å². The molecule has 0 bridgehead atoms. The maximum Gasteiger partial charge on any atom is 0.276 e. The van der Waals surface area contributed by atoms with Crippen molar-refractivity contribution in [3.05, 3.63) is 28.8 Å². The van der Waals surface area contributed by atoms with E-state index in [0.29, 0.717) is 24.8 Å². The Balaban J connectivity index is 1.62. The van der Waals surface area contributed by atoms with Crippen molar-refractivity contribution in [2.45, 2.75) is 65.6 Å². The first-order valence-electron chi connectivity index (χ1n) is 9.91. The molecule has 27 heavy (non-hydrogen) atoms. The van der Waals surface area contributed by atoms with Crippen molar-refractivity contribution in [2.75, 3.05) is 13.1 Å². The number of nitrogens with one attached hydrogen (secondary N) is 1. The molecule has 0 spiro atoms. The Morgan fingerprint density at radius 2 is 2.19 bits per heavy atom. The summed E-state index contributed by atoms with van der Waals surface area (Å²) in [5.74, 6) is -0.0813. The quantitative estimate of drug-likeness (QED) is 0.801. The van der Waals surface area contributed by atoms with Crippen LogP contribution in [0.1, 0.15) is 60.0 Å². The predicted molar refractivity (Wildman–Crippen MR) is 103 cm³/mol. The first kappa shape index (κ1) is 19.5. The van der Waals surface area contributed by atoms with Gasteiger partial charge in [-0.15, -0.1) is 5.10 Å². The molecule has 0 aromatic carbocycles. The Bertz CT molecular complexity index is 773. The first-order valence-corrected chi connectivity index (χ1v) is 9.91. The molecule has 1 aliphatic heterocycles. The lowest BCUT2D eigenvalue weighted by Crippen LogP contribution is -2.34. The van der Waals surface area contributed by atoms with E-state index in [9.17, 15) is 4.79 Å². The highest BCUT2D eigenvalue weighted by molar-refractivity contribution is 5.91. The van der Waals surface area contributed by atoms with Gasteiger partial charge in [0, 0.05) is 44.0 Å². The molecule has 2 aromatic rings. The minimum Gasteiger partial charge on any atom is -0.333 e. The second-order valence-corrected chi connectivity index (χ2v) is 7.39. The largest absolute Gasteiger partial charge is 0.333 e. The monoisotopic (exact) mass is 373 g/mol. The van der Waals surface area contributed by atoms with Crippen molar-refractivity contribution in [3.8, 4) is 0 Å². The van der Waals surface area contributed by atoms with Crippen molar-refractivity contribution in [1.82, 2.24) is 35.0 Å². The third kappa shape index (κ3) is 4.55. The van der Waals surface area contributed by atoms with E-state index in [1.165, 1.54) is 19.3 Å². The van der Waals surface area contributed by atoms with Crippen LogP contribution in [0.2, 0.25) is 0 Å². The second-order valence-electron chi connectivity index (χ2n) is 7.39. The predicted octanol–water partition coefficient (Wildman–Crippen LogP) is 1.82. The van der Waals surface area contributed by atoms with Crippen LogP contribution >= 0.6 is 0 Å². The summed E-state index contributed by atoms with van der Waals surface area (Å²) in [4.78, 5) is 14.7. The molecular weight excluding hydrogens is 342 g/mol. The van der Waals surface area contributed by atoms with E-state index >= 15 is 0 Å². The van der Waals surface area contributed by atoms with Crippen LogP contribution < -0.4 is 5.32 Å². The minimum atomic E-state index is -0.0813. The molecule has 8 nitrogen and oxygen atoms in total. The molecule has 3 heterocycles. The maximum atomic E-state index is 12.9. The van der Waals surface area contributed by atoms with E-state index in [1.807, 2.05) is 32.5 Å². The van der Waals surface area contributed by atoms with Crippen molar-refractivity contribution < 1.29 is 4.79 Å². The third-order valence-electron chi connectivity index (χ3n) is 5.55. The molecule has 8 heteroatoms. The normalized spacial score (nSPS) is 17.3. The van der Waals surface area contributed by atoms with E-state index in [1.54, 1.807) is 15.8 Å². The summed E-state index contributed by atoms with van der Waals surface area (Å²) in [5, 5.41) is 16.3. The molecule has 0 radical (unpaired) electrons. The lowest BCUT2D eigenvalue weighted by Gasteiger charge is -2.23. The average molecular weight is 374 g/mol. The Morgan fingerprint density at radius 1 is 1.37 bits per heavy atom. The van der Waals surface area contributed by atoms with Gasteiger partial charge < -0.3 is 10.2 Å². The van der Waals surface area contributed by atoms with Gasteiger partial charge in [0.25, 0.3) is 5.91 Å². The highest BCUT2D eigenvalue weighted by Gasteiger charge is 2.21. The van der Waals surface area contributed by atoms with Gasteiger partial charge in [0.05, 0.1) is 11.9 Å². The highest BCUT2D eigenvalue weighted by Crippen LogP contribution is 2.16. The van der Waals surface area contributed by atoms with Gasteiger partial charge in [-0.3, -0.25) is 14.2 Å². The van der Waals surface area contributed by atoms with Gasteiger partial charge in [-0.2, -0.15) is 5.10 Å². The Kier molecular flexibility index (Phi) is 6.26. The zero-order valence-corrected chi connectivity index (χ0v) is 16.9.